The lowest BCUT2D eigenvalue weighted by Crippen LogP contribution is -2.51. The van der Waals surface area contributed by atoms with Gasteiger partial charge in [-0.25, -0.2) is 13.4 Å². The molecule has 0 aromatic carbocycles. The van der Waals surface area contributed by atoms with Crippen LogP contribution >= 0.6 is 11.3 Å². The molecule has 1 aliphatic heterocycles. The Labute approximate surface area is 124 Å². The molecule has 1 aliphatic rings. The van der Waals surface area contributed by atoms with Crippen molar-refractivity contribution in [2.24, 2.45) is 4.99 Å². The second-order valence-corrected chi connectivity index (χ2v) is 8.17. The van der Waals surface area contributed by atoms with Crippen LogP contribution in [0.5, 0.6) is 0 Å². The highest BCUT2D eigenvalue weighted by molar-refractivity contribution is 7.90. The van der Waals surface area contributed by atoms with Gasteiger partial charge in [0, 0.05) is 11.4 Å². The zero-order valence-electron chi connectivity index (χ0n) is 11.7. The Hall–Kier alpha value is -1.12. The summed E-state index contributed by atoms with van der Waals surface area (Å²) < 4.78 is 25.9. The largest absolute Gasteiger partial charge is 0.343 e. The van der Waals surface area contributed by atoms with Crippen LogP contribution in [0.25, 0.3) is 0 Å². The van der Waals surface area contributed by atoms with Crippen molar-refractivity contribution in [2.45, 2.75) is 25.5 Å². The number of aliphatic imine (C=N–C) groups is 1. The Bertz CT molecular complexity index is 552. The summed E-state index contributed by atoms with van der Waals surface area (Å²) in [6, 6.07) is 4.17. The van der Waals surface area contributed by atoms with Crippen molar-refractivity contribution >= 4 is 27.3 Å². The average molecular weight is 316 g/mol. The zero-order chi connectivity index (χ0) is 14.6. The molecule has 0 aliphatic carbocycles. The maximum absolute atomic E-state index is 11.7. The molecule has 0 fully saturated rings. The second kappa shape index (κ2) is 6.55. The third-order valence-corrected chi connectivity index (χ3v) is 5.67. The van der Waals surface area contributed by atoms with E-state index in [1.165, 1.54) is 4.88 Å². The Balaban J connectivity index is 1.81. The number of nitrogens with zero attached hydrogens (tertiary/aromatic N) is 2. The fourth-order valence-corrected chi connectivity index (χ4v) is 3.00. The molecule has 6 nitrogen and oxygen atoms in total. The highest BCUT2D eigenvalue weighted by Gasteiger charge is 2.20. The molecule has 0 atom stereocenters. The van der Waals surface area contributed by atoms with Crippen LogP contribution in [-0.2, 0) is 16.4 Å². The number of rotatable bonds is 5. The first-order chi connectivity index (χ1) is 9.47. The van der Waals surface area contributed by atoms with Crippen molar-refractivity contribution in [1.82, 2.24) is 14.9 Å². The Morgan fingerprint density at radius 3 is 2.90 bits per heavy atom. The monoisotopic (exact) mass is 316 g/mol. The zero-order valence-corrected chi connectivity index (χ0v) is 13.3. The summed E-state index contributed by atoms with van der Waals surface area (Å²) in [5.74, 6) is 0.339. The molecule has 0 bridgehead atoms. The molecule has 2 heterocycles. The third-order valence-electron chi connectivity index (χ3n) is 3.01. The van der Waals surface area contributed by atoms with Crippen LogP contribution in [0.1, 0.15) is 18.7 Å². The van der Waals surface area contributed by atoms with Gasteiger partial charge in [0.05, 0.1) is 18.6 Å². The SMILES string of the molecule is CC(C)S(=O)(=O)NC1=NCN(CCc2cccs2)CN1. The minimum Gasteiger partial charge on any atom is -0.343 e. The van der Waals surface area contributed by atoms with Gasteiger partial charge >= 0.3 is 0 Å². The van der Waals surface area contributed by atoms with Crippen molar-refractivity contribution in [1.29, 1.82) is 0 Å². The molecule has 0 spiro atoms. The Kier molecular flexibility index (Phi) is 5.00. The third kappa shape index (κ3) is 4.19. The average Bonchev–Trinajstić information content (AvgIpc) is 2.90. The minimum absolute atomic E-state index is 0.339. The van der Waals surface area contributed by atoms with Gasteiger partial charge in [0.15, 0.2) is 0 Å². The molecule has 0 amide bonds. The van der Waals surface area contributed by atoms with E-state index in [1.807, 2.05) is 6.07 Å². The standard InChI is InChI=1S/C12H20N4O2S2/c1-10(2)20(17,18)15-12-13-8-16(9-14-12)6-5-11-4-3-7-19-11/h3-4,7,10H,5-6,8-9H2,1-2H3,(H2,13,14,15). The highest BCUT2D eigenvalue weighted by atomic mass is 32.2. The van der Waals surface area contributed by atoms with Gasteiger partial charge in [0.1, 0.15) is 0 Å². The quantitative estimate of drug-likeness (QED) is 0.842. The van der Waals surface area contributed by atoms with E-state index in [2.05, 4.69) is 31.4 Å². The first kappa shape index (κ1) is 15.3. The van der Waals surface area contributed by atoms with Gasteiger partial charge in [-0.1, -0.05) is 6.07 Å². The Morgan fingerprint density at radius 1 is 1.55 bits per heavy atom. The first-order valence-electron chi connectivity index (χ1n) is 6.52. The summed E-state index contributed by atoms with van der Waals surface area (Å²) >= 11 is 1.75. The van der Waals surface area contributed by atoms with E-state index in [0.717, 1.165) is 13.0 Å². The summed E-state index contributed by atoms with van der Waals surface area (Å²) in [7, 11) is -3.32. The van der Waals surface area contributed by atoms with Crippen LogP contribution in [0.4, 0.5) is 0 Å². The lowest BCUT2D eigenvalue weighted by Gasteiger charge is -2.27. The van der Waals surface area contributed by atoms with Crippen molar-refractivity contribution in [3.8, 4) is 0 Å². The summed E-state index contributed by atoms with van der Waals surface area (Å²) in [6.45, 7) is 5.29. The highest BCUT2D eigenvalue weighted by Crippen LogP contribution is 2.10. The number of thiophene rings is 1. The van der Waals surface area contributed by atoms with Crippen LogP contribution in [0.3, 0.4) is 0 Å². The maximum atomic E-state index is 11.7. The molecule has 8 heteroatoms. The van der Waals surface area contributed by atoms with Crippen molar-refractivity contribution < 1.29 is 8.42 Å². The molecule has 1 aromatic heterocycles. The van der Waals surface area contributed by atoms with Crippen LogP contribution in [0.2, 0.25) is 0 Å². The number of sulfonamides is 1. The summed E-state index contributed by atoms with van der Waals surface area (Å²) in [5.41, 5.74) is 0. The normalized spacial score (nSPS) is 16.9. The summed E-state index contributed by atoms with van der Waals surface area (Å²) in [5, 5.41) is 4.60. The van der Waals surface area contributed by atoms with E-state index in [0.29, 0.717) is 19.3 Å². The van der Waals surface area contributed by atoms with Crippen LogP contribution in [0.15, 0.2) is 22.5 Å². The van der Waals surface area contributed by atoms with E-state index in [-0.39, 0.29) is 0 Å². The number of hydrogen-bond donors (Lipinski definition) is 2. The molecule has 0 saturated heterocycles. The fourth-order valence-electron chi connectivity index (χ4n) is 1.66. The predicted octanol–water partition coefficient (Wildman–Crippen LogP) is 0.795. The van der Waals surface area contributed by atoms with Crippen LogP contribution < -0.4 is 10.0 Å². The molecule has 1 aromatic rings. The number of hydrogen-bond acceptors (Lipinski definition) is 6. The molecular formula is C12H20N4O2S2. The van der Waals surface area contributed by atoms with E-state index in [9.17, 15) is 8.42 Å². The predicted molar refractivity (Wildman–Crippen MR) is 82.2 cm³/mol. The molecule has 0 saturated carbocycles. The smallest absolute Gasteiger partial charge is 0.237 e. The topological polar surface area (TPSA) is 73.8 Å². The summed E-state index contributed by atoms with van der Waals surface area (Å²) in [4.78, 5) is 7.70. The number of guanidine groups is 1. The lowest BCUT2D eigenvalue weighted by atomic mass is 10.3. The Morgan fingerprint density at radius 2 is 2.35 bits per heavy atom. The molecule has 2 N–H and O–H groups in total. The molecule has 0 unspecified atom stereocenters. The summed E-state index contributed by atoms with van der Waals surface area (Å²) in [6.07, 6.45) is 0.988. The van der Waals surface area contributed by atoms with E-state index < -0.39 is 15.3 Å². The van der Waals surface area contributed by atoms with E-state index >= 15 is 0 Å². The van der Waals surface area contributed by atoms with Crippen molar-refractivity contribution in [3.63, 3.8) is 0 Å². The second-order valence-electron chi connectivity index (χ2n) is 4.90. The van der Waals surface area contributed by atoms with Crippen molar-refractivity contribution in [2.75, 3.05) is 19.9 Å². The van der Waals surface area contributed by atoms with Gasteiger partial charge in [0.25, 0.3) is 0 Å². The molecule has 20 heavy (non-hydrogen) atoms. The molecule has 0 radical (unpaired) electrons. The fraction of sp³-hybridized carbons (Fsp3) is 0.583. The van der Waals surface area contributed by atoms with Gasteiger partial charge in [-0.05, 0) is 31.7 Å². The molecular weight excluding hydrogens is 296 g/mol. The molecule has 2 rings (SSSR count). The van der Waals surface area contributed by atoms with E-state index in [4.69, 9.17) is 0 Å². The van der Waals surface area contributed by atoms with Crippen LogP contribution in [0, 0.1) is 0 Å². The lowest BCUT2D eigenvalue weighted by molar-refractivity contribution is 0.267. The van der Waals surface area contributed by atoms with Gasteiger partial charge in [-0.3, -0.25) is 9.62 Å². The maximum Gasteiger partial charge on any atom is 0.237 e. The molecule has 112 valence electrons. The van der Waals surface area contributed by atoms with Gasteiger partial charge in [0.2, 0.25) is 16.0 Å². The van der Waals surface area contributed by atoms with Gasteiger partial charge < -0.3 is 5.32 Å². The van der Waals surface area contributed by atoms with Gasteiger partial charge in [-0.15, -0.1) is 11.3 Å². The van der Waals surface area contributed by atoms with E-state index in [1.54, 1.807) is 25.2 Å². The number of nitrogens with one attached hydrogen (secondary N) is 2. The van der Waals surface area contributed by atoms with Gasteiger partial charge in [-0.2, -0.15) is 0 Å². The van der Waals surface area contributed by atoms with Crippen LogP contribution in [-0.4, -0.2) is 44.4 Å². The minimum atomic E-state index is -3.32. The van der Waals surface area contributed by atoms with Crippen molar-refractivity contribution in [3.05, 3.63) is 22.4 Å². The first-order valence-corrected chi connectivity index (χ1v) is 8.94.